The molecule has 2 aromatic rings. The third-order valence-corrected chi connectivity index (χ3v) is 4.09. The molecule has 5 nitrogen and oxygen atoms in total. The van der Waals surface area contributed by atoms with Gasteiger partial charge >= 0.3 is 0 Å². The summed E-state index contributed by atoms with van der Waals surface area (Å²) < 4.78 is 7.52. The number of aromatic nitrogens is 3. The Hall–Kier alpha value is -2.19. The van der Waals surface area contributed by atoms with Crippen molar-refractivity contribution in [3.63, 3.8) is 0 Å². The van der Waals surface area contributed by atoms with Crippen LogP contribution in [0.15, 0.2) is 24.3 Å². The number of nitrogens with zero attached hydrogens (tertiary/aromatic N) is 4. The highest BCUT2D eigenvalue weighted by atomic mass is 16.5. The van der Waals surface area contributed by atoms with Gasteiger partial charge in [-0.05, 0) is 29.9 Å². The van der Waals surface area contributed by atoms with Crippen LogP contribution in [0.2, 0.25) is 0 Å². The molecule has 5 heteroatoms. The number of hydrogen-bond donors (Lipinski definition) is 0. The lowest BCUT2D eigenvalue weighted by atomic mass is 10.0. The zero-order valence-electron chi connectivity index (χ0n) is 13.0. The fraction of sp³-hybridized carbons (Fsp3) is 0.471. The lowest BCUT2D eigenvalue weighted by molar-refractivity contribution is 0.104. The molecule has 1 aromatic heterocycles. The van der Waals surface area contributed by atoms with Gasteiger partial charge in [0.2, 0.25) is 0 Å². The highest BCUT2D eigenvalue weighted by molar-refractivity contribution is 5.29. The van der Waals surface area contributed by atoms with Gasteiger partial charge < -0.3 is 4.74 Å². The minimum Gasteiger partial charge on any atom is -0.372 e. The van der Waals surface area contributed by atoms with E-state index in [2.05, 4.69) is 54.5 Å². The summed E-state index contributed by atoms with van der Waals surface area (Å²) >= 11 is 0. The van der Waals surface area contributed by atoms with Crippen LogP contribution in [0.3, 0.4) is 0 Å². The number of nitriles is 1. The largest absolute Gasteiger partial charge is 0.372 e. The molecule has 3 rings (SSSR count). The average molecular weight is 296 g/mol. The summed E-state index contributed by atoms with van der Waals surface area (Å²) in [6.45, 7) is 5.72. The van der Waals surface area contributed by atoms with Crippen LogP contribution in [0.25, 0.3) is 0 Å². The van der Waals surface area contributed by atoms with Gasteiger partial charge in [-0.25, -0.2) is 4.68 Å². The van der Waals surface area contributed by atoms with E-state index in [9.17, 15) is 5.26 Å². The van der Waals surface area contributed by atoms with E-state index in [1.807, 2.05) is 0 Å². The van der Waals surface area contributed by atoms with Crippen LogP contribution >= 0.6 is 0 Å². The van der Waals surface area contributed by atoms with Crippen LogP contribution in [0.1, 0.15) is 61.2 Å². The summed E-state index contributed by atoms with van der Waals surface area (Å²) in [6, 6.07) is 10.6. The second-order valence-electron chi connectivity index (χ2n) is 5.99. The van der Waals surface area contributed by atoms with Gasteiger partial charge in [0.15, 0.2) is 5.69 Å². The van der Waals surface area contributed by atoms with E-state index in [-0.39, 0.29) is 6.10 Å². The topological polar surface area (TPSA) is 63.7 Å². The lowest BCUT2D eigenvalue weighted by Crippen LogP contribution is -2.11. The summed E-state index contributed by atoms with van der Waals surface area (Å²) in [5.41, 5.74) is 3.66. The maximum Gasteiger partial charge on any atom is 0.188 e. The van der Waals surface area contributed by atoms with Crippen molar-refractivity contribution in [3.8, 4) is 6.07 Å². The van der Waals surface area contributed by atoms with Crippen molar-refractivity contribution in [1.82, 2.24) is 15.0 Å². The van der Waals surface area contributed by atoms with Crippen LogP contribution in [0.4, 0.5) is 0 Å². The Labute approximate surface area is 130 Å². The van der Waals surface area contributed by atoms with E-state index in [0.29, 0.717) is 18.2 Å². The van der Waals surface area contributed by atoms with E-state index in [4.69, 9.17) is 4.74 Å². The van der Waals surface area contributed by atoms with Crippen molar-refractivity contribution in [2.75, 3.05) is 6.61 Å². The van der Waals surface area contributed by atoms with Crippen molar-refractivity contribution in [2.45, 2.75) is 45.3 Å². The van der Waals surface area contributed by atoms with E-state index in [1.165, 1.54) is 5.56 Å². The normalized spacial score (nSPS) is 17.8. The van der Waals surface area contributed by atoms with Crippen molar-refractivity contribution < 1.29 is 4.74 Å². The molecular weight excluding hydrogens is 276 g/mol. The van der Waals surface area contributed by atoms with Gasteiger partial charge in [0, 0.05) is 6.61 Å². The molecule has 0 saturated carbocycles. The Kier molecular flexibility index (Phi) is 4.21. The molecule has 0 aliphatic carbocycles. The van der Waals surface area contributed by atoms with Crippen LogP contribution in [-0.4, -0.2) is 21.6 Å². The average Bonchev–Trinajstić information content (AvgIpc) is 3.16. The van der Waals surface area contributed by atoms with Gasteiger partial charge in [-0.3, -0.25) is 0 Å². The fourth-order valence-electron chi connectivity index (χ4n) is 2.81. The zero-order valence-corrected chi connectivity index (χ0v) is 13.0. The van der Waals surface area contributed by atoms with Crippen molar-refractivity contribution in [1.29, 1.82) is 5.26 Å². The monoisotopic (exact) mass is 296 g/mol. The van der Waals surface area contributed by atoms with E-state index < -0.39 is 0 Å². The summed E-state index contributed by atoms with van der Waals surface area (Å²) in [7, 11) is 0. The Morgan fingerprint density at radius 3 is 2.73 bits per heavy atom. The van der Waals surface area contributed by atoms with Crippen molar-refractivity contribution >= 4 is 0 Å². The van der Waals surface area contributed by atoms with Crippen molar-refractivity contribution in [3.05, 3.63) is 46.8 Å². The van der Waals surface area contributed by atoms with E-state index in [0.717, 1.165) is 30.7 Å². The van der Waals surface area contributed by atoms with Crippen LogP contribution in [-0.2, 0) is 11.3 Å². The quantitative estimate of drug-likeness (QED) is 0.869. The minimum absolute atomic E-state index is 0.0559. The number of ether oxygens (including phenoxy) is 1. The molecule has 2 heterocycles. The SMILES string of the molecule is CC(C)c1ccc(Cn2nnc(C#N)c2C2CCCO2)cc1. The first kappa shape index (κ1) is 14.7. The van der Waals surface area contributed by atoms with E-state index >= 15 is 0 Å². The predicted molar refractivity (Wildman–Crippen MR) is 82.3 cm³/mol. The molecule has 22 heavy (non-hydrogen) atoms. The molecular formula is C17H20N4O. The molecule has 1 aliphatic heterocycles. The molecule has 0 bridgehead atoms. The Morgan fingerprint density at radius 1 is 1.36 bits per heavy atom. The number of hydrogen-bond acceptors (Lipinski definition) is 4. The Morgan fingerprint density at radius 2 is 2.14 bits per heavy atom. The molecule has 1 unspecified atom stereocenters. The third kappa shape index (κ3) is 2.88. The highest BCUT2D eigenvalue weighted by Gasteiger charge is 2.26. The van der Waals surface area contributed by atoms with Crippen LogP contribution in [0, 0.1) is 11.3 Å². The van der Waals surface area contributed by atoms with E-state index in [1.54, 1.807) is 4.68 Å². The smallest absolute Gasteiger partial charge is 0.188 e. The summed E-state index contributed by atoms with van der Waals surface area (Å²) in [5, 5.41) is 17.4. The van der Waals surface area contributed by atoms with Gasteiger partial charge in [-0.15, -0.1) is 5.10 Å². The Balaban J connectivity index is 1.86. The first-order valence-electron chi connectivity index (χ1n) is 7.73. The molecule has 1 aliphatic rings. The molecule has 1 atom stereocenters. The second kappa shape index (κ2) is 6.29. The van der Waals surface area contributed by atoms with Gasteiger partial charge in [-0.2, -0.15) is 5.26 Å². The standard InChI is InChI=1S/C17H20N4O/c1-12(2)14-7-5-13(6-8-14)11-21-17(15(10-18)19-20-21)16-4-3-9-22-16/h5-8,12,16H,3-4,9,11H2,1-2H3. The number of rotatable bonds is 4. The van der Waals surface area contributed by atoms with Gasteiger partial charge in [0.05, 0.1) is 6.54 Å². The number of benzene rings is 1. The molecule has 0 amide bonds. The first-order valence-corrected chi connectivity index (χ1v) is 7.73. The highest BCUT2D eigenvalue weighted by Crippen LogP contribution is 2.30. The van der Waals surface area contributed by atoms with Crippen molar-refractivity contribution in [2.24, 2.45) is 0 Å². The van der Waals surface area contributed by atoms with Crippen LogP contribution < -0.4 is 0 Å². The van der Waals surface area contributed by atoms with Crippen LogP contribution in [0.5, 0.6) is 0 Å². The molecule has 1 saturated heterocycles. The summed E-state index contributed by atoms with van der Waals surface area (Å²) in [4.78, 5) is 0. The molecule has 1 fully saturated rings. The minimum atomic E-state index is -0.0559. The summed E-state index contributed by atoms with van der Waals surface area (Å²) in [5.74, 6) is 0.521. The molecule has 114 valence electrons. The first-order chi connectivity index (χ1) is 10.7. The maximum atomic E-state index is 9.23. The maximum absolute atomic E-state index is 9.23. The van der Waals surface area contributed by atoms with Gasteiger partial charge in [0.25, 0.3) is 0 Å². The van der Waals surface area contributed by atoms with Gasteiger partial charge in [0.1, 0.15) is 17.9 Å². The predicted octanol–water partition coefficient (Wildman–Crippen LogP) is 3.17. The van der Waals surface area contributed by atoms with Gasteiger partial charge in [-0.1, -0.05) is 43.3 Å². The molecule has 0 radical (unpaired) electrons. The summed E-state index contributed by atoms with van der Waals surface area (Å²) in [6.07, 6.45) is 1.89. The molecule has 0 N–H and O–H groups in total. The molecule has 1 aromatic carbocycles. The third-order valence-electron chi connectivity index (χ3n) is 4.09. The Bertz CT molecular complexity index is 676. The fourth-order valence-corrected chi connectivity index (χ4v) is 2.81. The second-order valence-corrected chi connectivity index (χ2v) is 5.99. The zero-order chi connectivity index (χ0) is 15.5. The lowest BCUT2D eigenvalue weighted by Gasteiger charge is -2.13. The molecule has 0 spiro atoms.